The predicted molar refractivity (Wildman–Crippen MR) is 71.9 cm³/mol. The molecule has 1 amide bonds. The molecular weight excluding hydrogens is 226 g/mol. The van der Waals surface area contributed by atoms with Gasteiger partial charge >= 0.3 is 0 Å². The Bertz CT molecular complexity index is 303. The third-order valence-electron chi connectivity index (χ3n) is 3.72. The van der Waals surface area contributed by atoms with E-state index in [0.29, 0.717) is 6.54 Å². The van der Waals surface area contributed by atoms with Crippen molar-refractivity contribution in [2.24, 2.45) is 5.92 Å². The molecule has 18 heavy (non-hydrogen) atoms. The molecule has 0 spiro atoms. The summed E-state index contributed by atoms with van der Waals surface area (Å²) in [6.07, 6.45) is 4.71. The highest BCUT2D eigenvalue weighted by molar-refractivity contribution is 5.81. The van der Waals surface area contributed by atoms with Gasteiger partial charge in [-0.05, 0) is 33.7 Å². The van der Waals surface area contributed by atoms with E-state index in [2.05, 4.69) is 6.07 Å². The Balaban J connectivity index is 2.51. The molecule has 0 aromatic carbocycles. The second-order valence-corrected chi connectivity index (χ2v) is 5.39. The van der Waals surface area contributed by atoms with Crippen molar-refractivity contribution in [2.45, 2.75) is 45.6 Å². The van der Waals surface area contributed by atoms with Crippen LogP contribution in [0.15, 0.2) is 0 Å². The predicted octanol–water partition coefficient (Wildman–Crippen LogP) is 1.87. The molecule has 1 aliphatic rings. The summed E-state index contributed by atoms with van der Waals surface area (Å²) in [5.74, 6) is 0.180. The van der Waals surface area contributed by atoms with E-state index in [1.54, 1.807) is 0 Å². The van der Waals surface area contributed by atoms with Gasteiger partial charge in [-0.25, -0.2) is 0 Å². The number of likely N-dealkylation sites (tertiary alicyclic amines) is 1. The van der Waals surface area contributed by atoms with Gasteiger partial charge in [-0.15, -0.1) is 0 Å². The van der Waals surface area contributed by atoms with E-state index < -0.39 is 0 Å². The first-order valence-corrected chi connectivity index (χ1v) is 6.95. The molecule has 102 valence electrons. The van der Waals surface area contributed by atoms with Crippen LogP contribution in [0.4, 0.5) is 0 Å². The molecule has 0 radical (unpaired) electrons. The molecule has 0 aromatic rings. The van der Waals surface area contributed by atoms with Crippen molar-refractivity contribution in [3.05, 3.63) is 0 Å². The Hall–Kier alpha value is -1.08. The summed E-state index contributed by atoms with van der Waals surface area (Å²) in [4.78, 5) is 16.3. The van der Waals surface area contributed by atoms with Crippen LogP contribution in [-0.4, -0.2) is 48.4 Å². The standard InChI is InChI=1S/C14H25N3O/c1-12(10-15)11-16(3)13(2)14(18)17-8-6-4-5-7-9-17/h12-13H,4-9,11H2,1-3H3. The minimum absolute atomic E-state index is 0.0330. The number of hydrogen-bond donors (Lipinski definition) is 0. The summed E-state index contributed by atoms with van der Waals surface area (Å²) in [6.45, 7) is 6.27. The van der Waals surface area contributed by atoms with Crippen LogP contribution in [0, 0.1) is 17.2 Å². The molecule has 2 atom stereocenters. The molecule has 2 unspecified atom stereocenters. The largest absolute Gasteiger partial charge is 0.341 e. The van der Waals surface area contributed by atoms with E-state index in [-0.39, 0.29) is 17.9 Å². The van der Waals surface area contributed by atoms with E-state index in [9.17, 15) is 4.79 Å². The minimum Gasteiger partial charge on any atom is -0.341 e. The SMILES string of the molecule is CC(C#N)CN(C)C(C)C(=O)N1CCCCCC1. The average Bonchev–Trinajstić information content (AvgIpc) is 2.65. The topological polar surface area (TPSA) is 47.3 Å². The second kappa shape index (κ2) is 7.38. The first kappa shape index (κ1) is 15.0. The van der Waals surface area contributed by atoms with Gasteiger partial charge in [-0.3, -0.25) is 9.69 Å². The van der Waals surface area contributed by atoms with Gasteiger partial charge in [0.15, 0.2) is 0 Å². The fraction of sp³-hybridized carbons (Fsp3) is 0.857. The molecule has 1 rings (SSSR count). The summed E-state index contributed by atoms with van der Waals surface area (Å²) in [6, 6.07) is 2.09. The summed E-state index contributed by atoms with van der Waals surface area (Å²) in [5.41, 5.74) is 0. The highest BCUT2D eigenvalue weighted by Crippen LogP contribution is 2.12. The molecule has 4 nitrogen and oxygen atoms in total. The molecule has 0 bridgehead atoms. The van der Waals surface area contributed by atoms with Gasteiger partial charge < -0.3 is 4.90 Å². The summed E-state index contributed by atoms with van der Waals surface area (Å²) < 4.78 is 0. The fourth-order valence-corrected chi connectivity index (χ4v) is 2.37. The van der Waals surface area contributed by atoms with E-state index in [4.69, 9.17) is 5.26 Å². The number of nitrogens with zero attached hydrogens (tertiary/aromatic N) is 3. The Kier molecular flexibility index (Phi) is 6.14. The molecule has 1 heterocycles. The maximum absolute atomic E-state index is 12.4. The van der Waals surface area contributed by atoms with Gasteiger partial charge in [0.05, 0.1) is 18.0 Å². The van der Waals surface area contributed by atoms with E-state index in [1.165, 1.54) is 12.8 Å². The summed E-state index contributed by atoms with van der Waals surface area (Å²) >= 11 is 0. The third-order valence-corrected chi connectivity index (χ3v) is 3.72. The van der Waals surface area contributed by atoms with E-state index in [0.717, 1.165) is 25.9 Å². The molecule has 0 aliphatic carbocycles. The van der Waals surface area contributed by atoms with Crippen LogP contribution in [0.3, 0.4) is 0 Å². The highest BCUT2D eigenvalue weighted by Gasteiger charge is 2.25. The van der Waals surface area contributed by atoms with Crippen LogP contribution in [0.1, 0.15) is 39.5 Å². The third kappa shape index (κ3) is 4.30. The van der Waals surface area contributed by atoms with Crippen LogP contribution < -0.4 is 0 Å². The highest BCUT2D eigenvalue weighted by atomic mass is 16.2. The molecular formula is C14H25N3O. The number of rotatable bonds is 4. The lowest BCUT2D eigenvalue weighted by Crippen LogP contribution is -2.47. The van der Waals surface area contributed by atoms with Gasteiger partial charge in [-0.1, -0.05) is 12.8 Å². The van der Waals surface area contributed by atoms with Crippen molar-refractivity contribution >= 4 is 5.91 Å². The van der Waals surface area contributed by atoms with Crippen molar-refractivity contribution in [3.8, 4) is 6.07 Å². The zero-order valence-corrected chi connectivity index (χ0v) is 11.9. The molecule has 1 fully saturated rings. The molecule has 4 heteroatoms. The van der Waals surface area contributed by atoms with Gasteiger partial charge in [0, 0.05) is 19.6 Å². The number of carbonyl (C=O) groups excluding carboxylic acids is 1. The second-order valence-electron chi connectivity index (χ2n) is 5.39. The lowest BCUT2D eigenvalue weighted by Gasteiger charge is -2.30. The first-order valence-electron chi connectivity index (χ1n) is 6.95. The monoisotopic (exact) mass is 251 g/mol. The van der Waals surface area contributed by atoms with E-state index in [1.807, 2.05) is 30.7 Å². The molecule has 0 N–H and O–H groups in total. The van der Waals surface area contributed by atoms with Crippen LogP contribution in [-0.2, 0) is 4.79 Å². The number of nitriles is 1. The number of likely N-dealkylation sites (N-methyl/N-ethyl adjacent to an activating group) is 1. The number of amides is 1. The molecule has 0 aromatic heterocycles. The van der Waals surface area contributed by atoms with Gasteiger partial charge in [0.25, 0.3) is 0 Å². The van der Waals surface area contributed by atoms with E-state index >= 15 is 0 Å². The zero-order valence-electron chi connectivity index (χ0n) is 11.9. The lowest BCUT2D eigenvalue weighted by molar-refractivity contribution is -0.136. The average molecular weight is 251 g/mol. The Labute approximate surface area is 111 Å². The molecule has 1 aliphatic heterocycles. The lowest BCUT2D eigenvalue weighted by atomic mass is 10.1. The summed E-state index contributed by atoms with van der Waals surface area (Å²) in [7, 11) is 1.92. The van der Waals surface area contributed by atoms with Crippen molar-refractivity contribution in [3.63, 3.8) is 0 Å². The Morgan fingerprint density at radius 3 is 2.33 bits per heavy atom. The quantitative estimate of drug-likeness (QED) is 0.766. The maximum Gasteiger partial charge on any atom is 0.239 e. The van der Waals surface area contributed by atoms with Crippen LogP contribution >= 0.6 is 0 Å². The smallest absolute Gasteiger partial charge is 0.239 e. The molecule has 1 saturated heterocycles. The van der Waals surface area contributed by atoms with Crippen LogP contribution in [0.5, 0.6) is 0 Å². The first-order chi connectivity index (χ1) is 8.56. The van der Waals surface area contributed by atoms with Crippen LogP contribution in [0.2, 0.25) is 0 Å². The maximum atomic E-state index is 12.4. The van der Waals surface area contributed by atoms with Crippen molar-refractivity contribution in [1.29, 1.82) is 5.26 Å². The van der Waals surface area contributed by atoms with Crippen molar-refractivity contribution in [2.75, 3.05) is 26.7 Å². The number of hydrogen-bond acceptors (Lipinski definition) is 3. The van der Waals surface area contributed by atoms with Crippen molar-refractivity contribution in [1.82, 2.24) is 9.80 Å². The Morgan fingerprint density at radius 1 is 1.28 bits per heavy atom. The van der Waals surface area contributed by atoms with Gasteiger partial charge in [0.1, 0.15) is 0 Å². The number of carbonyl (C=O) groups is 1. The van der Waals surface area contributed by atoms with Gasteiger partial charge in [-0.2, -0.15) is 5.26 Å². The Morgan fingerprint density at radius 2 is 1.83 bits per heavy atom. The fourth-order valence-electron chi connectivity index (χ4n) is 2.37. The normalized spacial score (nSPS) is 20.1. The van der Waals surface area contributed by atoms with Crippen molar-refractivity contribution < 1.29 is 4.79 Å². The zero-order chi connectivity index (χ0) is 13.5. The molecule has 0 saturated carbocycles. The minimum atomic E-state index is -0.126. The van der Waals surface area contributed by atoms with Crippen LogP contribution in [0.25, 0.3) is 0 Å². The summed E-state index contributed by atoms with van der Waals surface area (Å²) in [5, 5.41) is 8.82. The van der Waals surface area contributed by atoms with Gasteiger partial charge in [0.2, 0.25) is 5.91 Å².